The van der Waals surface area contributed by atoms with Crippen molar-refractivity contribution in [3.8, 4) is 0 Å². The van der Waals surface area contributed by atoms with E-state index < -0.39 is 10.0 Å². The fraction of sp³-hybridized carbons (Fsp3) is 0.750. The van der Waals surface area contributed by atoms with Gasteiger partial charge in [-0.25, -0.2) is 18.1 Å². The van der Waals surface area contributed by atoms with Crippen molar-refractivity contribution in [3.05, 3.63) is 12.0 Å². The minimum Gasteiger partial charge on any atom is -0.343 e. The molecule has 8 nitrogen and oxygen atoms in total. The third-order valence-electron chi connectivity index (χ3n) is 5.38. The highest BCUT2D eigenvalue weighted by Crippen LogP contribution is 2.29. The largest absolute Gasteiger partial charge is 0.343 e. The van der Waals surface area contributed by atoms with E-state index in [0.717, 1.165) is 12.8 Å². The highest BCUT2D eigenvalue weighted by molar-refractivity contribution is 7.89. The van der Waals surface area contributed by atoms with E-state index in [1.165, 1.54) is 19.0 Å². The Morgan fingerprint density at radius 1 is 1.40 bits per heavy atom. The predicted octanol–water partition coefficient (Wildman–Crippen LogP) is 0.138. The molecule has 140 valence electrons. The van der Waals surface area contributed by atoms with Gasteiger partial charge in [0.2, 0.25) is 5.91 Å². The molecule has 0 spiro atoms. The Hall–Kier alpha value is -1.45. The molecule has 3 heterocycles. The molecule has 1 aromatic rings. The van der Waals surface area contributed by atoms with Crippen LogP contribution >= 0.6 is 0 Å². The van der Waals surface area contributed by atoms with E-state index in [0.29, 0.717) is 17.9 Å². The van der Waals surface area contributed by atoms with E-state index >= 15 is 0 Å². The highest BCUT2D eigenvalue weighted by Gasteiger charge is 2.36. The third kappa shape index (κ3) is 4.04. The average Bonchev–Trinajstić information content (AvgIpc) is 3.08. The van der Waals surface area contributed by atoms with Crippen molar-refractivity contribution >= 4 is 15.9 Å². The van der Waals surface area contributed by atoms with Gasteiger partial charge in [0.25, 0.3) is 10.0 Å². The quantitative estimate of drug-likeness (QED) is 0.743. The van der Waals surface area contributed by atoms with Crippen molar-refractivity contribution in [1.29, 1.82) is 0 Å². The van der Waals surface area contributed by atoms with Crippen LogP contribution in [0.5, 0.6) is 0 Å². The van der Waals surface area contributed by atoms with E-state index in [9.17, 15) is 13.2 Å². The normalized spacial score (nSPS) is 26.0. The number of nitrogens with zero attached hydrogens (tertiary/aromatic N) is 3. The van der Waals surface area contributed by atoms with Crippen LogP contribution in [0, 0.1) is 6.92 Å². The minimum absolute atomic E-state index is 0.0109. The summed E-state index contributed by atoms with van der Waals surface area (Å²) in [5.41, 5.74) is 0. The molecule has 3 rings (SSSR count). The summed E-state index contributed by atoms with van der Waals surface area (Å²) in [6.45, 7) is 1.82. The summed E-state index contributed by atoms with van der Waals surface area (Å²) in [5, 5.41) is 3.55. The van der Waals surface area contributed by atoms with Gasteiger partial charge in [-0.1, -0.05) is 0 Å². The van der Waals surface area contributed by atoms with Crippen LogP contribution in [0.4, 0.5) is 0 Å². The zero-order valence-corrected chi connectivity index (χ0v) is 15.8. The second kappa shape index (κ2) is 7.05. The molecule has 0 aromatic carbocycles. The summed E-state index contributed by atoms with van der Waals surface area (Å²) < 4.78 is 28.6. The molecular weight excluding hydrogens is 342 g/mol. The van der Waals surface area contributed by atoms with Gasteiger partial charge in [-0.3, -0.25) is 4.79 Å². The number of aromatic nitrogens is 2. The summed E-state index contributed by atoms with van der Waals surface area (Å²) in [6, 6.07) is 1.29. The van der Waals surface area contributed by atoms with Crippen LogP contribution in [-0.2, 0) is 21.9 Å². The molecule has 2 aliphatic rings. The fourth-order valence-corrected chi connectivity index (χ4v) is 4.81. The lowest BCUT2D eigenvalue weighted by molar-refractivity contribution is -0.132. The number of aryl methyl sites for hydroxylation is 2. The van der Waals surface area contributed by atoms with Gasteiger partial charge in [-0.15, -0.1) is 0 Å². The van der Waals surface area contributed by atoms with Crippen molar-refractivity contribution in [3.63, 3.8) is 0 Å². The van der Waals surface area contributed by atoms with E-state index in [2.05, 4.69) is 15.0 Å². The Morgan fingerprint density at radius 3 is 2.60 bits per heavy atom. The first-order valence-corrected chi connectivity index (χ1v) is 10.3. The Morgan fingerprint density at radius 2 is 2.04 bits per heavy atom. The van der Waals surface area contributed by atoms with Crippen molar-refractivity contribution < 1.29 is 13.2 Å². The number of carbonyl (C=O) groups is 1. The molecule has 2 unspecified atom stereocenters. The molecule has 25 heavy (non-hydrogen) atoms. The number of hydrogen-bond donors (Lipinski definition) is 2. The number of carbonyl (C=O) groups excluding carboxylic acids is 1. The van der Waals surface area contributed by atoms with Crippen LogP contribution in [0.3, 0.4) is 0 Å². The van der Waals surface area contributed by atoms with Gasteiger partial charge >= 0.3 is 0 Å². The van der Waals surface area contributed by atoms with Gasteiger partial charge in [0.1, 0.15) is 5.82 Å². The second-order valence-electron chi connectivity index (χ2n) is 7.15. The summed E-state index contributed by atoms with van der Waals surface area (Å²) in [7, 11) is -0.109. The van der Waals surface area contributed by atoms with Crippen molar-refractivity contribution in [1.82, 2.24) is 24.5 Å². The van der Waals surface area contributed by atoms with E-state index in [1.54, 1.807) is 23.4 Å². The molecular formula is C16H27N5O3S. The van der Waals surface area contributed by atoms with Gasteiger partial charge in [-0.05, 0) is 32.6 Å². The number of hydrogen-bond acceptors (Lipinski definition) is 5. The van der Waals surface area contributed by atoms with Crippen molar-refractivity contribution in [2.75, 3.05) is 13.6 Å². The van der Waals surface area contributed by atoms with E-state index in [4.69, 9.17) is 0 Å². The van der Waals surface area contributed by atoms with Crippen LogP contribution in [0.25, 0.3) is 0 Å². The number of imidazole rings is 1. The maximum absolute atomic E-state index is 12.4. The first-order valence-electron chi connectivity index (χ1n) is 8.77. The molecule has 2 bridgehead atoms. The first kappa shape index (κ1) is 18.3. The van der Waals surface area contributed by atoms with Crippen molar-refractivity contribution in [2.45, 2.75) is 62.2 Å². The number of fused-ring (bicyclic) bond motifs is 2. The fourth-order valence-electron chi connectivity index (χ4n) is 3.75. The van der Waals surface area contributed by atoms with Crippen LogP contribution in [0.2, 0.25) is 0 Å². The van der Waals surface area contributed by atoms with Gasteiger partial charge in [-0.2, -0.15) is 0 Å². The topological polar surface area (TPSA) is 96.3 Å². The SMILES string of the molecule is Cc1nc(S(=O)(=O)NCCC(=O)N(C)C2CC3CCC(C2)N3)cn1C. The number of rotatable bonds is 6. The van der Waals surface area contributed by atoms with Crippen LogP contribution < -0.4 is 10.0 Å². The van der Waals surface area contributed by atoms with Gasteiger partial charge < -0.3 is 14.8 Å². The Bertz CT molecular complexity index is 713. The van der Waals surface area contributed by atoms with Gasteiger partial charge in [0.05, 0.1) is 0 Å². The number of nitrogens with one attached hydrogen (secondary N) is 2. The third-order valence-corrected chi connectivity index (χ3v) is 6.71. The molecule has 2 aliphatic heterocycles. The molecule has 2 atom stereocenters. The average molecular weight is 369 g/mol. The predicted molar refractivity (Wildman–Crippen MR) is 93.5 cm³/mol. The van der Waals surface area contributed by atoms with Crippen LogP contribution in [-0.4, -0.2) is 60.5 Å². The van der Waals surface area contributed by atoms with Gasteiger partial charge in [0.15, 0.2) is 5.03 Å². The van der Waals surface area contributed by atoms with Crippen LogP contribution in [0.1, 0.15) is 37.9 Å². The summed E-state index contributed by atoms with van der Waals surface area (Å²) in [5.74, 6) is 0.600. The maximum atomic E-state index is 12.4. The standard InChI is InChI=1S/C16H27N5O3S/c1-11-18-15(10-20(11)2)25(23,24)17-7-6-16(22)21(3)14-8-12-4-5-13(9-14)19-12/h10,12-14,17,19H,4-9H2,1-3H3. The molecule has 2 N–H and O–H groups in total. The molecule has 0 aliphatic carbocycles. The summed E-state index contributed by atoms with van der Waals surface area (Å²) in [6.07, 6.45) is 5.96. The summed E-state index contributed by atoms with van der Waals surface area (Å²) >= 11 is 0. The molecule has 2 saturated heterocycles. The number of piperidine rings is 1. The van der Waals surface area contributed by atoms with E-state index in [1.807, 2.05) is 7.05 Å². The highest BCUT2D eigenvalue weighted by atomic mass is 32.2. The second-order valence-corrected chi connectivity index (χ2v) is 8.87. The van der Waals surface area contributed by atoms with Crippen molar-refractivity contribution in [2.24, 2.45) is 7.05 Å². The Kier molecular flexibility index (Phi) is 5.17. The first-order chi connectivity index (χ1) is 11.8. The zero-order valence-electron chi connectivity index (χ0n) is 15.0. The molecule has 2 fully saturated rings. The molecule has 0 saturated carbocycles. The Labute approximate surface area is 149 Å². The lowest BCUT2D eigenvalue weighted by Gasteiger charge is -2.35. The molecule has 0 radical (unpaired) electrons. The van der Waals surface area contributed by atoms with E-state index in [-0.39, 0.29) is 29.9 Å². The lowest BCUT2D eigenvalue weighted by Crippen LogP contribution is -2.49. The molecule has 1 aromatic heterocycles. The lowest BCUT2D eigenvalue weighted by atomic mass is 9.98. The van der Waals surface area contributed by atoms with Gasteiger partial charge in [0, 0.05) is 51.4 Å². The zero-order chi connectivity index (χ0) is 18.2. The van der Waals surface area contributed by atoms with Crippen LogP contribution in [0.15, 0.2) is 11.2 Å². The Balaban J connectivity index is 1.50. The number of amides is 1. The minimum atomic E-state index is -3.68. The smallest absolute Gasteiger partial charge is 0.259 e. The summed E-state index contributed by atoms with van der Waals surface area (Å²) in [4.78, 5) is 18.2. The number of sulfonamides is 1. The monoisotopic (exact) mass is 369 g/mol. The maximum Gasteiger partial charge on any atom is 0.259 e. The molecule has 1 amide bonds. The molecule has 9 heteroatoms.